The third-order valence-electron chi connectivity index (χ3n) is 1.81. The topological polar surface area (TPSA) is 24.4 Å². The number of aliphatic imine (C=N–C) groups is 1. The fourth-order valence-electron chi connectivity index (χ4n) is 1.27. The summed E-state index contributed by atoms with van der Waals surface area (Å²) in [6.45, 7) is 1.81. The molecule has 0 aromatic rings. The van der Waals surface area contributed by atoms with Gasteiger partial charge in [-0.05, 0) is 5.57 Å². The molecule has 0 fully saturated rings. The quantitative estimate of drug-likeness (QED) is 0.513. The van der Waals surface area contributed by atoms with Crippen LogP contribution < -0.4 is 5.32 Å². The average Bonchev–Trinajstić information content (AvgIpc) is 2.05. The summed E-state index contributed by atoms with van der Waals surface area (Å²) in [7, 11) is 0. The molecule has 0 aromatic carbocycles. The molecule has 0 radical (unpaired) electrons. The van der Waals surface area contributed by atoms with Crippen LogP contribution in [0.4, 0.5) is 0 Å². The maximum Gasteiger partial charge on any atom is 0.0676 e. The fourth-order valence-corrected chi connectivity index (χ4v) is 1.27. The van der Waals surface area contributed by atoms with E-state index in [1.807, 2.05) is 6.21 Å². The molecule has 52 valence electrons. The molecule has 1 unspecified atom stereocenters. The van der Waals surface area contributed by atoms with Gasteiger partial charge in [-0.15, -0.1) is 0 Å². The van der Waals surface area contributed by atoms with Gasteiger partial charge in [0.2, 0.25) is 0 Å². The Morgan fingerprint density at radius 2 is 2.60 bits per heavy atom. The van der Waals surface area contributed by atoms with Crippen LogP contribution in [0.25, 0.3) is 0 Å². The number of rotatable bonds is 0. The lowest BCUT2D eigenvalue weighted by Crippen LogP contribution is -2.36. The van der Waals surface area contributed by atoms with Gasteiger partial charge >= 0.3 is 0 Å². The number of nitrogens with one attached hydrogen (secondary N) is 1. The molecule has 2 heteroatoms. The van der Waals surface area contributed by atoms with E-state index in [2.05, 4.69) is 28.5 Å². The van der Waals surface area contributed by atoms with E-state index in [9.17, 15) is 0 Å². The summed E-state index contributed by atoms with van der Waals surface area (Å²) in [6, 6.07) is 0.388. The fraction of sp³-hybridized carbons (Fsp3) is 0.375. The number of nitrogens with zero attached hydrogens (tertiary/aromatic N) is 1. The van der Waals surface area contributed by atoms with Crippen molar-refractivity contribution in [2.24, 2.45) is 4.99 Å². The summed E-state index contributed by atoms with van der Waals surface area (Å²) in [5.74, 6) is 0. The van der Waals surface area contributed by atoms with E-state index >= 15 is 0 Å². The van der Waals surface area contributed by atoms with E-state index in [1.165, 1.54) is 5.57 Å². The molecule has 0 saturated carbocycles. The Bertz CT molecular complexity index is 213. The van der Waals surface area contributed by atoms with Crippen LogP contribution in [0.1, 0.15) is 0 Å². The van der Waals surface area contributed by atoms with Crippen molar-refractivity contribution in [3.63, 3.8) is 0 Å². The number of fused-ring (bicyclic) bond motifs is 1. The largest absolute Gasteiger partial charge is 0.302 e. The minimum atomic E-state index is 0.388. The highest BCUT2D eigenvalue weighted by Gasteiger charge is 2.12. The van der Waals surface area contributed by atoms with Crippen molar-refractivity contribution >= 4 is 6.21 Å². The Kier molecular flexibility index (Phi) is 1.40. The van der Waals surface area contributed by atoms with Gasteiger partial charge in [0.05, 0.1) is 12.6 Å². The zero-order chi connectivity index (χ0) is 6.81. The molecule has 0 aromatic heterocycles. The van der Waals surface area contributed by atoms with Gasteiger partial charge in [0.1, 0.15) is 0 Å². The Hall–Kier alpha value is -0.890. The first-order valence-corrected chi connectivity index (χ1v) is 3.57. The summed E-state index contributed by atoms with van der Waals surface area (Å²) in [6.07, 6.45) is 8.46. The van der Waals surface area contributed by atoms with Crippen molar-refractivity contribution in [2.75, 3.05) is 13.1 Å². The highest BCUT2D eigenvalue weighted by molar-refractivity contribution is 5.72. The Morgan fingerprint density at radius 3 is 3.50 bits per heavy atom. The van der Waals surface area contributed by atoms with Gasteiger partial charge in [-0.3, -0.25) is 4.99 Å². The minimum absolute atomic E-state index is 0.388. The molecule has 2 heterocycles. The zero-order valence-corrected chi connectivity index (χ0v) is 5.75. The van der Waals surface area contributed by atoms with E-state index in [0.717, 1.165) is 13.1 Å². The molecule has 0 aliphatic carbocycles. The maximum atomic E-state index is 4.16. The first-order chi connectivity index (χ1) is 4.97. The molecule has 1 N–H and O–H groups in total. The molecular formula is C8H10N2. The number of hydrogen-bond acceptors (Lipinski definition) is 2. The molecule has 2 aliphatic rings. The first kappa shape index (κ1) is 5.86. The molecule has 0 bridgehead atoms. The second-order valence-corrected chi connectivity index (χ2v) is 2.51. The molecule has 2 aliphatic heterocycles. The monoisotopic (exact) mass is 134 g/mol. The van der Waals surface area contributed by atoms with Gasteiger partial charge in [-0.1, -0.05) is 18.2 Å². The van der Waals surface area contributed by atoms with Crippen LogP contribution in [0.3, 0.4) is 0 Å². The van der Waals surface area contributed by atoms with Crippen molar-refractivity contribution in [2.45, 2.75) is 6.04 Å². The zero-order valence-electron chi connectivity index (χ0n) is 5.75. The average molecular weight is 134 g/mol. The highest BCUT2D eigenvalue weighted by Crippen LogP contribution is 2.09. The molecule has 10 heavy (non-hydrogen) atoms. The van der Waals surface area contributed by atoms with Crippen LogP contribution in [-0.2, 0) is 0 Å². The minimum Gasteiger partial charge on any atom is -0.302 e. The van der Waals surface area contributed by atoms with Crippen LogP contribution in [0.5, 0.6) is 0 Å². The van der Waals surface area contributed by atoms with Gasteiger partial charge in [0.25, 0.3) is 0 Å². The molecule has 0 amide bonds. The van der Waals surface area contributed by atoms with Crippen LogP contribution in [0.2, 0.25) is 0 Å². The summed E-state index contributed by atoms with van der Waals surface area (Å²) < 4.78 is 0. The smallest absolute Gasteiger partial charge is 0.0676 e. The van der Waals surface area contributed by atoms with E-state index in [1.54, 1.807) is 0 Å². The van der Waals surface area contributed by atoms with Gasteiger partial charge in [0.15, 0.2) is 0 Å². The predicted octanol–water partition coefficient (Wildman–Crippen LogP) is 0.525. The third-order valence-corrected chi connectivity index (χ3v) is 1.81. The molecule has 0 spiro atoms. The van der Waals surface area contributed by atoms with Crippen LogP contribution >= 0.6 is 0 Å². The number of dihydropyridines is 1. The summed E-state index contributed by atoms with van der Waals surface area (Å²) in [5.41, 5.74) is 1.36. The SMILES string of the molecule is C1=CC2=CCN=CC2NC1. The summed E-state index contributed by atoms with van der Waals surface area (Å²) >= 11 is 0. The van der Waals surface area contributed by atoms with Crippen molar-refractivity contribution < 1.29 is 0 Å². The van der Waals surface area contributed by atoms with Crippen molar-refractivity contribution in [1.29, 1.82) is 0 Å². The lowest BCUT2D eigenvalue weighted by Gasteiger charge is -2.20. The van der Waals surface area contributed by atoms with Crippen LogP contribution in [-0.4, -0.2) is 25.3 Å². The van der Waals surface area contributed by atoms with Gasteiger partial charge in [-0.2, -0.15) is 0 Å². The van der Waals surface area contributed by atoms with Gasteiger partial charge < -0.3 is 5.32 Å². The molecule has 1 atom stereocenters. The molecule has 0 saturated heterocycles. The summed E-state index contributed by atoms with van der Waals surface area (Å²) in [4.78, 5) is 4.16. The van der Waals surface area contributed by atoms with E-state index in [0.29, 0.717) is 6.04 Å². The van der Waals surface area contributed by atoms with Gasteiger partial charge in [-0.25, -0.2) is 0 Å². The third kappa shape index (κ3) is 0.907. The Labute approximate surface area is 60.3 Å². The lowest BCUT2D eigenvalue weighted by molar-refractivity contribution is 0.725. The standard InChI is InChI=1S/C8H10N2/c1-2-7-3-5-9-6-8(7)10-4-1/h1-3,6,8,10H,4-5H2. The van der Waals surface area contributed by atoms with Crippen molar-refractivity contribution in [3.8, 4) is 0 Å². The second-order valence-electron chi connectivity index (χ2n) is 2.51. The van der Waals surface area contributed by atoms with E-state index in [-0.39, 0.29) is 0 Å². The van der Waals surface area contributed by atoms with Crippen LogP contribution in [0, 0.1) is 0 Å². The number of hydrogen-bond donors (Lipinski definition) is 1. The summed E-state index contributed by atoms with van der Waals surface area (Å²) in [5, 5.41) is 3.32. The maximum absolute atomic E-state index is 4.16. The van der Waals surface area contributed by atoms with Gasteiger partial charge in [0, 0.05) is 12.8 Å². The molecule has 2 nitrogen and oxygen atoms in total. The van der Waals surface area contributed by atoms with Crippen molar-refractivity contribution in [3.05, 3.63) is 23.8 Å². The highest BCUT2D eigenvalue weighted by atomic mass is 14.9. The van der Waals surface area contributed by atoms with E-state index < -0.39 is 0 Å². The Balaban J connectivity index is 2.26. The predicted molar refractivity (Wildman–Crippen MR) is 42.4 cm³/mol. The van der Waals surface area contributed by atoms with E-state index in [4.69, 9.17) is 0 Å². The van der Waals surface area contributed by atoms with Crippen molar-refractivity contribution in [1.82, 2.24) is 5.32 Å². The van der Waals surface area contributed by atoms with Crippen LogP contribution in [0.15, 0.2) is 28.8 Å². The first-order valence-electron chi connectivity index (χ1n) is 3.57. The second kappa shape index (κ2) is 2.39. The molecule has 2 rings (SSSR count). The Morgan fingerprint density at radius 1 is 1.60 bits per heavy atom. The normalized spacial score (nSPS) is 29.6. The lowest BCUT2D eigenvalue weighted by atomic mass is 10.0. The molecular weight excluding hydrogens is 124 g/mol.